The average molecular weight is 399 g/mol. The van der Waals surface area contributed by atoms with Crippen molar-refractivity contribution in [2.45, 2.75) is 57.5 Å². The molecular formula is C23H27ClN2O2. The Bertz CT molecular complexity index is 861. The second kappa shape index (κ2) is 8.36. The van der Waals surface area contributed by atoms with Crippen molar-refractivity contribution in [3.63, 3.8) is 0 Å². The van der Waals surface area contributed by atoms with Crippen molar-refractivity contribution in [2.24, 2.45) is 0 Å². The number of amides is 2. The van der Waals surface area contributed by atoms with Crippen LogP contribution in [-0.4, -0.2) is 11.8 Å². The van der Waals surface area contributed by atoms with Crippen LogP contribution < -0.4 is 10.6 Å². The molecule has 0 aliphatic heterocycles. The number of benzene rings is 2. The summed E-state index contributed by atoms with van der Waals surface area (Å²) in [5.74, 6) is -0.245. The SMILES string of the molecule is CC(=O)NC(CC(=O)NC1CCC(C)(C)c2ccccc21)c1ccc(Cl)cc1. The van der Waals surface area contributed by atoms with Crippen LogP contribution in [0.1, 0.15) is 68.8 Å². The van der Waals surface area contributed by atoms with E-state index in [2.05, 4.69) is 42.7 Å². The molecule has 0 heterocycles. The summed E-state index contributed by atoms with van der Waals surface area (Å²) in [4.78, 5) is 24.5. The van der Waals surface area contributed by atoms with Crippen molar-refractivity contribution >= 4 is 23.4 Å². The lowest BCUT2D eigenvalue weighted by atomic mass is 9.71. The molecule has 1 aliphatic rings. The predicted molar refractivity (Wildman–Crippen MR) is 112 cm³/mol. The van der Waals surface area contributed by atoms with Gasteiger partial charge in [0, 0.05) is 11.9 Å². The van der Waals surface area contributed by atoms with Crippen LogP contribution in [0, 0.1) is 0 Å². The van der Waals surface area contributed by atoms with E-state index in [0.717, 1.165) is 18.4 Å². The minimum absolute atomic E-state index is 0.0000733. The lowest BCUT2D eigenvalue weighted by Crippen LogP contribution is -2.38. The lowest BCUT2D eigenvalue weighted by molar-refractivity contribution is -0.123. The molecule has 3 rings (SSSR count). The van der Waals surface area contributed by atoms with Crippen LogP contribution in [0.25, 0.3) is 0 Å². The second-order valence-corrected chi connectivity index (χ2v) is 8.58. The first-order valence-corrected chi connectivity index (χ1v) is 10.1. The third-order valence-corrected chi connectivity index (χ3v) is 5.75. The molecular weight excluding hydrogens is 372 g/mol. The Morgan fingerprint density at radius 1 is 1.14 bits per heavy atom. The third-order valence-electron chi connectivity index (χ3n) is 5.50. The van der Waals surface area contributed by atoms with Gasteiger partial charge in [0.1, 0.15) is 0 Å². The fourth-order valence-electron chi connectivity index (χ4n) is 3.99. The van der Waals surface area contributed by atoms with Crippen LogP contribution in [0.15, 0.2) is 48.5 Å². The van der Waals surface area contributed by atoms with Gasteiger partial charge in [0.25, 0.3) is 0 Å². The van der Waals surface area contributed by atoms with Gasteiger partial charge in [0.05, 0.1) is 18.5 Å². The Morgan fingerprint density at radius 2 is 1.82 bits per heavy atom. The van der Waals surface area contributed by atoms with Gasteiger partial charge in [-0.2, -0.15) is 0 Å². The molecule has 0 radical (unpaired) electrons. The van der Waals surface area contributed by atoms with Crippen molar-refractivity contribution in [1.29, 1.82) is 0 Å². The van der Waals surface area contributed by atoms with E-state index in [-0.39, 0.29) is 35.7 Å². The number of halogens is 1. The van der Waals surface area contributed by atoms with Gasteiger partial charge in [-0.3, -0.25) is 9.59 Å². The van der Waals surface area contributed by atoms with Gasteiger partial charge in [-0.25, -0.2) is 0 Å². The maximum Gasteiger partial charge on any atom is 0.222 e. The monoisotopic (exact) mass is 398 g/mol. The fraction of sp³-hybridized carbons (Fsp3) is 0.391. The molecule has 2 aromatic carbocycles. The highest BCUT2D eigenvalue weighted by Crippen LogP contribution is 2.41. The molecule has 28 heavy (non-hydrogen) atoms. The van der Waals surface area contributed by atoms with Crippen LogP contribution in [0.3, 0.4) is 0 Å². The van der Waals surface area contributed by atoms with E-state index in [1.165, 1.54) is 18.1 Å². The number of carbonyl (C=O) groups is 2. The average Bonchev–Trinajstić information content (AvgIpc) is 2.64. The zero-order valence-electron chi connectivity index (χ0n) is 16.6. The Kier molecular flexibility index (Phi) is 6.09. The number of fused-ring (bicyclic) bond motifs is 1. The molecule has 2 N–H and O–H groups in total. The zero-order chi connectivity index (χ0) is 20.3. The second-order valence-electron chi connectivity index (χ2n) is 8.14. The molecule has 1 aliphatic carbocycles. The van der Waals surface area contributed by atoms with Crippen LogP contribution in [0.2, 0.25) is 5.02 Å². The van der Waals surface area contributed by atoms with Crippen LogP contribution >= 0.6 is 11.6 Å². The quantitative estimate of drug-likeness (QED) is 0.757. The summed E-state index contributed by atoms with van der Waals surface area (Å²) in [7, 11) is 0. The Balaban J connectivity index is 1.74. The smallest absolute Gasteiger partial charge is 0.222 e. The first kappa shape index (κ1) is 20.4. The van der Waals surface area contributed by atoms with Gasteiger partial charge in [0.2, 0.25) is 11.8 Å². The molecule has 0 bridgehead atoms. The number of carbonyl (C=O) groups excluding carboxylic acids is 2. The summed E-state index contributed by atoms with van der Waals surface area (Å²) in [6, 6.07) is 15.2. The summed E-state index contributed by atoms with van der Waals surface area (Å²) < 4.78 is 0. The van der Waals surface area contributed by atoms with E-state index in [1.807, 2.05) is 18.2 Å². The standard InChI is InChI=1S/C23H27ClN2O2/c1-15(27)25-21(16-8-10-17(24)11-9-16)14-22(28)26-20-12-13-23(2,3)19-7-5-4-6-18(19)20/h4-11,20-21H,12-14H2,1-3H3,(H,25,27)(H,26,28). The highest BCUT2D eigenvalue weighted by atomic mass is 35.5. The van der Waals surface area contributed by atoms with Gasteiger partial charge in [-0.05, 0) is 47.1 Å². The van der Waals surface area contributed by atoms with Gasteiger partial charge in [0.15, 0.2) is 0 Å². The summed E-state index contributed by atoms with van der Waals surface area (Å²) in [5, 5.41) is 6.68. The number of hydrogen-bond donors (Lipinski definition) is 2. The molecule has 2 aromatic rings. The molecule has 0 saturated carbocycles. The van der Waals surface area contributed by atoms with E-state index in [9.17, 15) is 9.59 Å². The fourth-order valence-corrected chi connectivity index (χ4v) is 4.12. The summed E-state index contributed by atoms with van der Waals surface area (Å²) in [6.07, 6.45) is 2.10. The first-order chi connectivity index (χ1) is 13.3. The number of hydrogen-bond acceptors (Lipinski definition) is 2. The zero-order valence-corrected chi connectivity index (χ0v) is 17.3. The minimum atomic E-state index is -0.384. The van der Waals surface area contributed by atoms with Gasteiger partial charge >= 0.3 is 0 Å². The summed E-state index contributed by atoms with van der Waals surface area (Å²) in [5.41, 5.74) is 3.46. The van der Waals surface area contributed by atoms with E-state index in [4.69, 9.17) is 11.6 Å². The number of rotatable bonds is 5. The molecule has 2 amide bonds. The molecule has 5 heteroatoms. The van der Waals surface area contributed by atoms with Crippen molar-refractivity contribution in [1.82, 2.24) is 10.6 Å². The van der Waals surface area contributed by atoms with Crippen LogP contribution in [-0.2, 0) is 15.0 Å². The van der Waals surface area contributed by atoms with Crippen molar-refractivity contribution < 1.29 is 9.59 Å². The van der Waals surface area contributed by atoms with E-state index >= 15 is 0 Å². The predicted octanol–water partition coefficient (Wildman–Crippen LogP) is 4.84. The van der Waals surface area contributed by atoms with Crippen molar-refractivity contribution in [3.05, 3.63) is 70.2 Å². The molecule has 4 nitrogen and oxygen atoms in total. The molecule has 2 unspecified atom stereocenters. The van der Waals surface area contributed by atoms with E-state index in [1.54, 1.807) is 12.1 Å². The Morgan fingerprint density at radius 3 is 2.50 bits per heavy atom. The molecule has 0 saturated heterocycles. The molecule has 0 spiro atoms. The largest absolute Gasteiger partial charge is 0.349 e. The first-order valence-electron chi connectivity index (χ1n) is 9.67. The Hall–Kier alpha value is -2.33. The van der Waals surface area contributed by atoms with E-state index < -0.39 is 0 Å². The van der Waals surface area contributed by atoms with Gasteiger partial charge in [-0.15, -0.1) is 0 Å². The van der Waals surface area contributed by atoms with Crippen molar-refractivity contribution in [3.8, 4) is 0 Å². The Labute approximate surface area is 171 Å². The lowest BCUT2D eigenvalue weighted by Gasteiger charge is -2.37. The molecule has 2 atom stereocenters. The van der Waals surface area contributed by atoms with Crippen LogP contribution in [0.4, 0.5) is 0 Å². The topological polar surface area (TPSA) is 58.2 Å². The maximum absolute atomic E-state index is 12.8. The highest BCUT2D eigenvalue weighted by molar-refractivity contribution is 6.30. The summed E-state index contributed by atoms with van der Waals surface area (Å²) >= 11 is 5.96. The van der Waals surface area contributed by atoms with Crippen LogP contribution in [0.5, 0.6) is 0 Å². The maximum atomic E-state index is 12.8. The normalized spacial score (nSPS) is 18.6. The van der Waals surface area contributed by atoms with Crippen molar-refractivity contribution in [2.75, 3.05) is 0 Å². The highest BCUT2D eigenvalue weighted by Gasteiger charge is 2.33. The van der Waals surface area contributed by atoms with Gasteiger partial charge < -0.3 is 10.6 Å². The molecule has 0 fully saturated rings. The summed E-state index contributed by atoms with van der Waals surface area (Å²) in [6.45, 7) is 5.95. The van der Waals surface area contributed by atoms with E-state index in [0.29, 0.717) is 5.02 Å². The minimum Gasteiger partial charge on any atom is -0.349 e. The van der Waals surface area contributed by atoms with Gasteiger partial charge in [-0.1, -0.05) is 61.8 Å². The molecule has 0 aromatic heterocycles. The third kappa shape index (κ3) is 4.74. The number of nitrogens with one attached hydrogen (secondary N) is 2. The molecule has 148 valence electrons.